The van der Waals surface area contributed by atoms with Crippen LogP contribution in [0, 0.1) is 5.82 Å². The zero-order chi connectivity index (χ0) is 29.1. The number of ether oxygens (including phenoxy) is 1. The number of pyridine rings is 2. The summed E-state index contributed by atoms with van der Waals surface area (Å²) >= 11 is 0. The molecule has 4 aromatic heterocycles. The summed E-state index contributed by atoms with van der Waals surface area (Å²) in [6.07, 6.45) is 4.90. The van der Waals surface area contributed by atoms with Crippen LogP contribution in [0.15, 0.2) is 49.1 Å². The second kappa shape index (κ2) is 10.5. The minimum atomic E-state index is -2.78. The van der Waals surface area contributed by atoms with Crippen LogP contribution in [-0.4, -0.2) is 55.2 Å². The van der Waals surface area contributed by atoms with Gasteiger partial charge in [-0.05, 0) is 26.0 Å². The molecule has 1 amide bonds. The lowest BCUT2D eigenvalue weighted by Crippen LogP contribution is -2.21. The van der Waals surface area contributed by atoms with E-state index in [0.29, 0.717) is 16.9 Å². The maximum Gasteiger partial charge on any atom is 0.273 e. The monoisotopic (exact) mass is 508 g/mol. The van der Waals surface area contributed by atoms with Gasteiger partial charge in [0.15, 0.2) is 34.7 Å². The zero-order valence-electron chi connectivity index (χ0n) is 22.9. The molecule has 0 aromatic carbocycles. The molecule has 190 valence electrons. The van der Waals surface area contributed by atoms with Crippen LogP contribution in [0.1, 0.15) is 34.0 Å². The molecule has 12 nitrogen and oxygen atoms in total. The van der Waals surface area contributed by atoms with Gasteiger partial charge in [0, 0.05) is 35.1 Å². The first kappa shape index (κ1) is 21.5. The normalized spacial score (nSPS) is 12.6. The lowest BCUT2D eigenvalue weighted by molar-refractivity contribution is 0.0782. The number of hydrogen-bond acceptors (Lipinski definition) is 11. The Morgan fingerprint density at radius 1 is 1.05 bits per heavy atom. The summed E-state index contributed by atoms with van der Waals surface area (Å²) in [5.41, 5.74) is -0.453. The number of halogens is 1. The third-order valence-corrected chi connectivity index (χ3v) is 5.07. The van der Waals surface area contributed by atoms with Gasteiger partial charge in [-0.3, -0.25) is 4.79 Å². The van der Waals surface area contributed by atoms with E-state index in [2.05, 4.69) is 40.8 Å². The van der Waals surface area contributed by atoms with Gasteiger partial charge >= 0.3 is 0 Å². The fourth-order valence-electron chi connectivity index (χ4n) is 3.23. The number of nitrogens with one attached hydrogen (secondary N) is 3. The van der Waals surface area contributed by atoms with E-state index in [1.807, 2.05) is 5.32 Å². The Balaban J connectivity index is 1.72. The molecular formula is C24H24FN9O3. The molecule has 0 fully saturated rings. The van der Waals surface area contributed by atoms with Crippen molar-refractivity contribution in [2.24, 2.45) is 0 Å². The van der Waals surface area contributed by atoms with Gasteiger partial charge in [0.2, 0.25) is 0 Å². The Labute approximate surface area is 215 Å². The highest BCUT2D eigenvalue weighted by Crippen LogP contribution is 2.35. The van der Waals surface area contributed by atoms with Gasteiger partial charge < -0.3 is 25.8 Å². The van der Waals surface area contributed by atoms with Gasteiger partial charge in [-0.15, -0.1) is 10.2 Å². The van der Waals surface area contributed by atoms with Crippen molar-refractivity contribution in [3.8, 4) is 17.1 Å². The smallest absolute Gasteiger partial charge is 0.273 e. The van der Waals surface area contributed by atoms with Gasteiger partial charge in [0.25, 0.3) is 5.91 Å². The number of aliphatic hydroxyl groups is 1. The molecule has 0 spiro atoms. The van der Waals surface area contributed by atoms with Crippen molar-refractivity contribution in [1.82, 2.24) is 35.5 Å². The Morgan fingerprint density at radius 2 is 1.84 bits per heavy atom. The van der Waals surface area contributed by atoms with Gasteiger partial charge in [-0.1, -0.05) is 6.07 Å². The molecule has 0 radical (unpaired) electrons. The first-order chi connectivity index (χ1) is 18.8. The summed E-state index contributed by atoms with van der Waals surface area (Å²) in [7, 11) is 1.37. The molecule has 0 aliphatic carbocycles. The van der Waals surface area contributed by atoms with Crippen LogP contribution >= 0.6 is 0 Å². The van der Waals surface area contributed by atoms with Crippen molar-refractivity contribution in [1.29, 1.82) is 0 Å². The number of rotatable bonds is 8. The fraction of sp³-hybridized carbons (Fsp3) is 0.208. The third-order valence-electron chi connectivity index (χ3n) is 5.07. The third kappa shape index (κ3) is 5.73. The number of nitrogens with zero attached hydrogens (tertiary/aromatic N) is 6. The molecule has 4 N–H and O–H groups in total. The maximum atomic E-state index is 13.4. The molecule has 4 rings (SSSR count). The number of anilines is 4. The molecule has 0 aliphatic heterocycles. The predicted octanol–water partition coefficient (Wildman–Crippen LogP) is 2.95. The minimum absolute atomic E-state index is 0.0235. The highest BCUT2D eigenvalue weighted by atomic mass is 19.1. The first-order valence-electron chi connectivity index (χ1n) is 12.3. The summed E-state index contributed by atoms with van der Waals surface area (Å²) in [5, 5.41) is 25.8. The van der Waals surface area contributed by atoms with Crippen molar-refractivity contribution >= 4 is 29.0 Å². The number of methoxy groups -OCH3 is 1. The lowest BCUT2D eigenvalue weighted by atomic mass is 10.0. The maximum absolute atomic E-state index is 13.4. The zero-order valence-corrected chi connectivity index (χ0v) is 19.9. The molecule has 0 aliphatic rings. The summed E-state index contributed by atoms with van der Waals surface area (Å²) < 4.78 is 41.0. The average molecular weight is 509 g/mol. The molecule has 37 heavy (non-hydrogen) atoms. The molecule has 13 heteroatoms. The summed E-state index contributed by atoms with van der Waals surface area (Å²) in [6.45, 7) is 0.473. The molecular weight excluding hydrogens is 481 g/mol. The Morgan fingerprint density at radius 3 is 2.49 bits per heavy atom. The Bertz CT molecular complexity index is 1510. The van der Waals surface area contributed by atoms with Gasteiger partial charge in [0.05, 0.1) is 36.4 Å². The van der Waals surface area contributed by atoms with E-state index in [1.54, 1.807) is 32.0 Å². The molecule has 0 saturated carbocycles. The van der Waals surface area contributed by atoms with Crippen LogP contribution in [0.5, 0.6) is 5.75 Å². The van der Waals surface area contributed by atoms with Crippen LogP contribution in [0.3, 0.4) is 0 Å². The number of amides is 1. The quantitative estimate of drug-likeness (QED) is 0.277. The van der Waals surface area contributed by atoms with Crippen molar-refractivity contribution < 1.29 is 23.1 Å². The van der Waals surface area contributed by atoms with Crippen molar-refractivity contribution in [2.45, 2.75) is 19.4 Å². The molecule has 4 aromatic rings. The van der Waals surface area contributed by atoms with Gasteiger partial charge in [0.1, 0.15) is 5.82 Å². The molecule has 4 heterocycles. The summed E-state index contributed by atoms with van der Waals surface area (Å²) in [6, 6.07) is 6.25. The largest absolute Gasteiger partial charge is 0.492 e. The second-order valence-corrected chi connectivity index (χ2v) is 8.15. The molecule has 0 unspecified atom stereocenters. The number of hydrogen-bond donors (Lipinski definition) is 4. The van der Waals surface area contributed by atoms with E-state index in [1.165, 1.54) is 25.6 Å². The van der Waals surface area contributed by atoms with E-state index in [4.69, 9.17) is 8.85 Å². The van der Waals surface area contributed by atoms with Gasteiger partial charge in [-0.2, -0.15) is 0 Å². The fourth-order valence-corrected chi connectivity index (χ4v) is 3.23. The highest BCUT2D eigenvalue weighted by molar-refractivity contribution is 5.98. The number of aromatic nitrogens is 6. The van der Waals surface area contributed by atoms with Crippen LogP contribution in [0.2, 0.25) is 0 Å². The molecule has 0 atom stereocenters. The van der Waals surface area contributed by atoms with Gasteiger partial charge in [-0.25, -0.2) is 24.3 Å². The van der Waals surface area contributed by atoms with E-state index < -0.39 is 24.3 Å². The Kier molecular flexibility index (Phi) is 6.08. The van der Waals surface area contributed by atoms with E-state index >= 15 is 0 Å². The highest BCUT2D eigenvalue weighted by Gasteiger charge is 2.20. The van der Waals surface area contributed by atoms with E-state index in [-0.39, 0.29) is 34.6 Å². The number of carbonyl (C=O) groups excluding carboxylic acids is 1. The average Bonchev–Trinajstić information content (AvgIpc) is 2.88. The first-order valence-corrected chi connectivity index (χ1v) is 10.8. The van der Waals surface area contributed by atoms with Crippen molar-refractivity contribution in [2.75, 3.05) is 24.7 Å². The molecule has 0 saturated heterocycles. The standard InChI is InChI=1S/C24H24FN9O3/c1-24(2,36)13-5-6-17(28-10-13)32-18-9-16(19(34-33-18)23(35)26-3)31-22-20(37-4)15(7-8-27-22)21-29-11-14(25)12-30-21/h5-12,36H,1-4H3,(H,26,35)(H2,27,28,31,32,33)/i3D3. The Hall–Kier alpha value is -4.78. The van der Waals surface area contributed by atoms with Crippen LogP contribution in [-0.2, 0) is 5.60 Å². The number of carbonyl (C=O) groups is 1. The predicted molar refractivity (Wildman–Crippen MR) is 133 cm³/mol. The van der Waals surface area contributed by atoms with Crippen LogP contribution < -0.4 is 20.7 Å². The lowest BCUT2D eigenvalue weighted by Gasteiger charge is -2.17. The summed E-state index contributed by atoms with van der Waals surface area (Å²) in [4.78, 5) is 29.2. The van der Waals surface area contributed by atoms with E-state index in [9.17, 15) is 14.3 Å². The summed E-state index contributed by atoms with van der Waals surface area (Å²) in [5.74, 6) is -0.723. The van der Waals surface area contributed by atoms with Crippen molar-refractivity contribution in [3.05, 3.63) is 66.1 Å². The molecule has 0 bridgehead atoms. The van der Waals surface area contributed by atoms with Crippen LogP contribution in [0.25, 0.3) is 11.4 Å². The van der Waals surface area contributed by atoms with E-state index in [0.717, 1.165) is 12.4 Å². The topological polar surface area (TPSA) is 160 Å². The second-order valence-electron chi connectivity index (χ2n) is 8.15. The van der Waals surface area contributed by atoms with Crippen molar-refractivity contribution in [3.63, 3.8) is 0 Å². The minimum Gasteiger partial charge on any atom is -0.492 e. The van der Waals surface area contributed by atoms with Crippen LogP contribution in [0.4, 0.5) is 27.5 Å². The SMILES string of the molecule is [2H]C([2H])([2H])NC(=O)c1nnc(Nc2ccc(C(C)(C)O)cn2)cc1Nc1nccc(-c2ncc(F)cn2)c1OC.